The lowest BCUT2D eigenvalue weighted by Crippen LogP contribution is -2.50. The molecule has 1 amide bonds. The van der Waals surface area contributed by atoms with E-state index in [1.807, 2.05) is 23.6 Å². The molecule has 2 fully saturated rings. The van der Waals surface area contributed by atoms with Crippen LogP contribution in [0.25, 0.3) is 0 Å². The molecule has 2 rings (SSSR count). The molecule has 2 aliphatic rings. The maximum Gasteiger partial charge on any atom is 0.239 e. The van der Waals surface area contributed by atoms with Crippen LogP contribution in [0.15, 0.2) is 0 Å². The number of hydrogen-bond acceptors (Lipinski definition) is 4. The van der Waals surface area contributed by atoms with E-state index in [-0.39, 0.29) is 11.9 Å². The van der Waals surface area contributed by atoms with E-state index in [4.69, 9.17) is 4.74 Å². The van der Waals surface area contributed by atoms with Crippen LogP contribution in [0.3, 0.4) is 0 Å². The van der Waals surface area contributed by atoms with E-state index in [9.17, 15) is 4.79 Å². The minimum atomic E-state index is -0.0642. The number of hydrogen-bond donors (Lipinski definition) is 1. The molecule has 2 saturated heterocycles. The van der Waals surface area contributed by atoms with Crippen LogP contribution in [0.4, 0.5) is 0 Å². The summed E-state index contributed by atoms with van der Waals surface area (Å²) < 4.78 is 5.27. The quantitative estimate of drug-likeness (QED) is 0.832. The molecule has 0 aromatic heterocycles. The van der Waals surface area contributed by atoms with Gasteiger partial charge >= 0.3 is 0 Å². The molecule has 2 unspecified atom stereocenters. The maximum atomic E-state index is 12.2. The Morgan fingerprint density at radius 2 is 2.22 bits per heavy atom. The van der Waals surface area contributed by atoms with Crippen LogP contribution in [-0.4, -0.2) is 60.7 Å². The summed E-state index contributed by atoms with van der Waals surface area (Å²) in [5, 5.41) is 4.09. The summed E-state index contributed by atoms with van der Waals surface area (Å²) in [4.78, 5) is 14.1. The molecule has 0 aliphatic carbocycles. The fourth-order valence-electron chi connectivity index (χ4n) is 2.42. The zero-order valence-electron chi connectivity index (χ0n) is 11.2. The first kappa shape index (κ1) is 14.2. The van der Waals surface area contributed by atoms with Gasteiger partial charge in [0.05, 0.1) is 19.3 Å². The van der Waals surface area contributed by atoms with Crippen molar-refractivity contribution < 1.29 is 9.53 Å². The molecule has 4 nitrogen and oxygen atoms in total. The molecule has 0 bridgehead atoms. The Balaban J connectivity index is 1.69. The zero-order valence-corrected chi connectivity index (χ0v) is 12.0. The van der Waals surface area contributed by atoms with Gasteiger partial charge in [-0.05, 0) is 25.5 Å². The van der Waals surface area contributed by atoms with E-state index in [1.165, 1.54) is 25.0 Å². The minimum absolute atomic E-state index is 0.0642. The molecule has 0 spiro atoms. The molecule has 2 aliphatic heterocycles. The molecular formula is C13H24N2O2S. The summed E-state index contributed by atoms with van der Waals surface area (Å²) in [6.45, 7) is 5.77. The van der Waals surface area contributed by atoms with Crippen LogP contribution in [0.5, 0.6) is 0 Å². The van der Waals surface area contributed by atoms with Crippen molar-refractivity contribution in [3.05, 3.63) is 0 Å². The molecule has 104 valence electrons. The first-order valence-corrected chi connectivity index (χ1v) is 8.04. The minimum Gasteiger partial charge on any atom is -0.378 e. The van der Waals surface area contributed by atoms with Gasteiger partial charge in [-0.15, -0.1) is 0 Å². The summed E-state index contributed by atoms with van der Waals surface area (Å²) in [5.74, 6) is 1.50. The second-order valence-corrected chi connectivity index (χ2v) is 6.46. The third-order valence-corrected chi connectivity index (χ3v) is 5.02. The number of carbonyl (C=O) groups is 1. The SMILES string of the molecule is CC(NCC1CCCCS1)C(=O)N1CCOCC1. The molecule has 0 radical (unpaired) electrons. The predicted octanol–water partition coefficient (Wildman–Crippen LogP) is 1.11. The Morgan fingerprint density at radius 1 is 1.44 bits per heavy atom. The molecule has 1 N–H and O–H groups in total. The van der Waals surface area contributed by atoms with E-state index in [0.717, 1.165) is 19.6 Å². The van der Waals surface area contributed by atoms with E-state index >= 15 is 0 Å². The second kappa shape index (κ2) is 7.36. The Bertz CT molecular complexity index is 264. The first-order valence-electron chi connectivity index (χ1n) is 6.99. The number of nitrogens with one attached hydrogen (secondary N) is 1. The lowest BCUT2D eigenvalue weighted by molar-refractivity contribution is -0.137. The highest BCUT2D eigenvalue weighted by atomic mass is 32.2. The maximum absolute atomic E-state index is 12.2. The van der Waals surface area contributed by atoms with Crippen molar-refractivity contribution in [2.75, 3.05) is 38.6 Å². The summed E-state index contributed by atoms with van der Waals surface area (Å²) in [6.07, 6.45) is 3.98. The fourth-order valence-corrected chi connectivity index (χ4v) is 3.67. The molecule has 2 heterocycles. The highest BCUT2D eigenvalue weighted by molar-refractivity contribution is 7.99. The lowest BCUT2D eigenvalue weighted by Gasteiger charge is -2.30. The lowest BCUT2D eigenvalue weighted by atomic mass is 10.2. The molecular weight excluding hydrogens is 248 g/mol. The average molecular weight is 272 g/mol. The largest absolute Gasteiger partial charge is 0.378 e. The van der Waals surface area contributed by atoms with Gasteiger partial charge in [0.1, 0.15) is 0 Å². The van der Waals surface area contributed by atoms with Crippen LogP contribution in [0.2, 0.25) is 0 Å². The summed E-state index contributed by atoms with van der Waals surface area (Å²) in [5.41, 5.74) is 0. The first-order chi connectivity index (χ1) is 8.77. The summed E-state index contributed by atoms with van der Waals surface area (Å²) in [7, 11) is 0. The van der Waals surface area contributed by atoms with Gasteiger partial charge in [0.15, 0.2) is 0 Å². The molecule has 2 atom stereocenters. The molecule has 5 heteroatoms. The normalized spacial score (nSPS) is 26.9. The summed E-state index contributed by atoms with van der Waals surface area (Å²) >= 11 is 2.05. The Hall–Kier alpha value is -0.260. The van der Waals surface area contributed by atoms with Gasteiger partial charge in [-0.25, -0.2) is 0 Å². The Kier molecular flexibility index (Phi) is 5.79. The monoisotopic (exact) mass is 272 g/mol. The number of rotatable bonds is 4. The zero-order chi connectivity index (χ0) is 12.8. The van der Waals surface area contributed by atoms with Gasteiger partial charge in [-0.3, -0.25) is 4.79 Å². The predicted molar refractivity (Wildman–Crippen MR) is 75.0 cm³/mol. The van der Waals surface area contributed by atoms with Crippen LogP contribution in [-0.2, 0) is 9.53 Å². The smallest absolute Gasteiger partial charge is 0.239 e. The number of nitrogens with zero attached hydrogens (tertiary/aromatic N) is 1. The van der Waals surface area contributed by atoms with E-state index in [0.29, 0.717) is 18.5 Å². The molecule has 0 aromatic carbocycles. The van der Waals surface area contributed by atoms with Gasteiger partial charge < -0.3 is 15.0 Å². The Morgan fingerprint density at radius 3 is 2.89 bits per heavy atom. The van der Waals surface area contributed by atoms with Crippen molar-refractivity contribution in [1.82, 2.24) is 10.2 Å². The summed E-state index contributed by atoms with van der Waals surface area (Å²) in [6, 6.07) is -0.0642. The highest BCUT2D eigenvalue weighted by Gasteiger charge is 2.23. The molecule has 0 aromatic rings. The second-order valence-electron chi connectivity index (χ2n) is 5.06. The van der Waals surface area contributed by atoms with E-state index < -0.39 is 0 Å². The van der Waals surface area contributed by atoms with Gasteiger partial charge in [0, 0.05) is 24.9 Å². The van der Waals surface area contributed by atoms with Crippen LogP contribution >= 0.6 is 11.8 Å². The average Bonchev–Trinajstić information content (AvgIpc) is 2.46. The number of carbonyl (C=O) groups excluding carboxylic acids is 1. The fraction of sp³-hybridized carbons (Fsp3) is 0.923. The van der Waals surface area contributed by atoms with Crippen molar-refractivity contribution >= 4 is 17.7 Å². The van der Waals surface area contributed by atoms with Gasteiger partial charge in [0.25, 0.3) is 0 Å². The molecule has 18 heavy (non-hydrogen) atoms. The standard InChI is InChI=1S/C13H24N2O2S/c1-11(13(16)15-5-7-17-8-6-15)14-10-12-4-2-3-9-18-12/h11-12,14H,2-10H2,1H3. The van der Waals surface area contributed by atoms with Crippen LogP contribution in [0.1, 0.15) is 26.2 Å². The van der Waals surface area contributed by atoms with Crippen molar-refractivity contribution in [2.45, 2.75) is 37.5 Å². The van der Waals surface area contributed by atoms with Crippen molar-refractivity contribution in [2.24, 2.45) is 0 Å². The van der Waals surface area contributed by atoms with Gasteiger partial charge in [0.2, 0.25) is 5.91 Å². The number of amides is 1. The van der Waals surface area contributed by atoms with Crippen LogP contribution in [0, 0.1) is 0 Å². The van der Waals surface area contributed by atoms with Crippen molar-refractivity contribution in [1.29, 1.82) is 0 Å². The Labute approximate surface area is 114 Å². The molecule has 0 saturated carbocycles. The van der Waals surface area contributed by atoms with Gasteiger partial charge in [-0.2, -0.15) is 11.8 Å². The third-order valence-electron chi connectivity index (χ3n) is 3.62. The number of morpholine rings is 1. The van der Waals surface area contributed by atoms with Crippen molar-refractivity contribution in [3.8, 4) is 0 Å². The third kappa shape index (κ3) is 4.14. The number of ether oxygens (including phenoxy) is 1. The van der Waals surface area contributed by atoms with Gasteiger partial charge in [-0.1, -0.05) is 6.42 Å². The van der Waals surface area contributed by atoms with E-state index in [2.05, 4.69) is 5.32 Å². The topological polar surface area (TPSA) is 41.6 Å². The van der Waals surface area contributed by atoms with E-state index in [1.54, 1.807) is 0 Å². The van der Waals surface area contributed by atoms with Crippen LogP contribution < -0.4 is 5.32 Å². The number of thioether (sulfide) groups is 1. The van der Waals surface area contributed by atoms with Crippen molar-refractivity contribution in [3.63, 3.8) is 0 Å². The highest BCUT2D eigenvalue weighted by Crippen LogP contribution is 2.24.